The van der Waals surface area contributed by atoms with Crippen molar-refractivity contribution in [3.8, 4) is 0 Å². The highest BCUT2D eigenvalue weighted by Crippen LogP contribution is 2.21. The number of benzene rings is 1. The Kier molecular flexibility index (Phi) is 4.91. The second-order valence-electron chi connectivity index (χ2n) is 6.27. The van der Waals surface area contributed by atoms with Crippen molar-refractivity contribution in [3.05, 3.63) is 59.4 Å². The molecule has 0 radical (unpaired) electrons. The van der Waals surface area contributed by atoms with Gasteiger partial charge in [-0.1, -0.05) is 30.3 Å². The molecule has 3 rings (SSSR count). The van der Waals surface area contributed by atoms with Crippen molar-refractivity contribution in [2.75, 3.05) is 13.1 Å². The standard InChI is InChI=1S/C19H23N3O/c1-15-13-20-21-18(15)12-17-8-5-11-22(14-17)19(23)10-9-16-6-3-2-4-7-16/h2-4,6-7,9-10,13,17H,5,8,11-12,14H2,1H3,(H,20,21). The average molecular weight is 309 g/mol. The number of H-pyrrole nitrogens is 1. The number of nitrogens with zero attached hydrogens (tertiary/aromatic N) is 2. The number of aromatic nitrogens is 2. The topological polar surface area (TPSA) is 49.0 Å². The number of piperidine rings is 1. The van der Waals surface area contributed by atoms with Gasteiger partial charge in [-0.3, -0.25) is 9.89 Å². The van der Waals surface area contributed by atoms with Gasteiger partial charge in [0.25, 0.3) is 0 Å². The van der Waals surface area contributed by atoms with E-state index in [1.54, 1.807) is 6.08 Å². The molecule has 1 aliphatic heterocycles. The Labute approximate surface area is 137 Å². The van der Waals surface area contributed by atoms with Crippen LogP contribution >= 0.6 is 0 Å². The number of hydrogen-bond acceptors (Lipinski definition) is 2. The SMILES string of the molecule is Cc1cn[nH]c1CC1CCCN(C(=O)C=Cc2ccccc2)C1. The molecule has 1 saturated heterocycles. The molecule has 2 heterocycles. The number of nitrogens with one attached hydrogen (secondary N) is 1. The summed E-state index contributed by atoms with van der Waals surface area (Å²) in [5, 5.41) is 7.16. The number of aryl methyl sites for hydroxylation is 1. The Morgan fingerprint density at radius 3 is 2.96 bits per heavy atom. The molecule has 0 spiro atoms. The number of likely N-dealkylation sites (tertiary alicyclic amines) is 1. The zero-order valence-electron chi connectivity index (χ0n) is 13.5. The zero-order chi connectivity index (χ0) is 16.1. The Hall–Kier alpha value is -2.36. The van der Waals surface area contributed by atoms with Crippen LogP contribution in [0.25, 0.3) is 6.08 Å². The van der Waals surface area contributed by atoms with Crippen molar-refractivity contribution in [2.24, 2.45) is 5.92 Å². The minimum atomic E-state index is 0.111. The highest BCUT2D eigenvalue weighted by atomic mass is 16.2. The van der Waals surface area contributed by atoms with Gasteiger partial charge in [0.2, 0.25) is 5.91 Å². The van der Waals surface area contributed by atoms with E-state index >= 15 is 0 Å². The van der Waals surface area contributed by atoms with E-state index in [9.17, 15) is 4.79 Å². The molecule has 2 aromatic rings. The van der Waals surface area contributed by atoms with Crippen LogP contribution < -0.4 is 0 Å². The first-order chi connectivity index (χ1) is 11.2. The summed E-state index contributed by atoms with van der Waals surface area (Å²) >= 11 is 0. The Morgan fingerprint density at radius 1 is 1.39 bits per heavy atom. The van der Waals surface area contributed by atoms with E-state index in [2.05, 4.69) is 17.1 Å². The Morgan fingerprint density at radius 2 is 2.22 bits per heavy atom. The van der Waals surface area contributed by atoms with Gasteiger partial charge in [-0.15, -0.1) is 0 Å². The summed E-state index contributed by atoms with van der Waals surface area (Å²) in [5.74, 6) is 0.622. The molecule has 120 valence electrons. The lowest BCUT2D eigenvalue weighted by molar-refractivity contribution is -0.127. The molecule has 1 aromatic carbocycles. The van der Waals surface area contributed by atoms with Gasteiger partial charge in [-0.25, -0.2) is 0 Å². The lowest BCUT2D eigenvalue weighted by Crippen LogP contribution is -2.39. The van der Waals surface area contributed by atoms with Gasteiger partial charge in [0.05, 0.1) is 6.20 Å². The number of carbonyl (C=O) groups is 1. The molecule has 1 amide bonds. The summed E-state index contributed by atoms with van der Waals surface area (Å²) in [6.45, 7) is 3.76. The average Bonchev–Trinajstić information content (AvgIpc) is 2.99. The van der Waals surface area contributed by atoms with Crippen LogP contribution in [0.4, 0.5) is 0 Å². The second kappa shape index (κ2) is 7.27. The van der Waals surface area contributed by atoms with Gasteiger partial charge in [-0.2, -0.15) is 5.10 Å². The molecular formula is C19H23N3O. The number of carbonyl (C=O) groups excluding carboxylic acids is 1. The lowest BCUT2D eigenvalue weighted by atomic mass is 9.92. The van der Waals surface area contributed by atoms with Crippen molar-refractivity contribution in [1.29, 1.82) is 0 Å². The minimum absolute atomic E-state index is 0.111. The summed E-state index contributed by atoms with van der Waals surface area (Å²) < 4.78 is 0. The molecule has 23 heavy (non-hydrogen) atoms. The lowest BCUT2D eigenvalue weighted by Gasteiger charge is -2.32. The third kappa shape index (κ3) is 4.09. The molecule has 0 bridgehead atoms. The Bertz CT molecular complexity index is 675. The summed E-state index contributed by atoms with van der Waals surface area (Å²) in [6, 6.07) is 9.95. The van der Waals surface area contributed by atoms with E-state index in [1.807, 2.05) is 47.5 Å². The van der Waals surface area contributed by atoms with Crippen LogP contribution in [0.5, 0.6) is 0 Å². The van der Waals surface area contributed by atoms with Crippen LogP contribution in [-0.4, -0.2) is 34.1 Å². The maximum Gasteiger partial charge on any atom is 0.246 e. The largest absolute Gasteiger partial charge is 0.339 e. The predicted molar refractivity (Wildman–Crippen MR) is 91.8 cm³/mol. The summed E-state index contributed by atoms with van der Waals surface area (Å²) in [6.07, 6.45) is 8.67. The zero-order valence-corrected chi connectivity index (χ0v) is 13.5. The first-order valence-corrected chi connectivity index (χ1v) is 8.23. The number of amides is 1. The van der Waals surface area contributed by atoms with Gasteiger partial charge in [0.15, 0.2) is 0 Å². The number of rotatable bonds is 4. The minimum Gasteiger partial charge on any atom is -0.339 e. The molecule has 4 heteroatoms. The van der Waals surface area contributed by atoms with E-state index in [0.29, 0.717) is 5.92 Å². The Balaban J connectivity index is 1.58. The van der Waals surface area contributed by atoms with Crippen LogP contribution in [0, 0.1) is 12.8 Å². The van der Waals surface area contributed by atoms with Crippen LogP contribution in [0.2, 0.25) is 0 Å². The van der Waals surface area contributed by atoms with Crippen molar-refractivity contribution >= 4 is 12.0 Å². The molecule has 1 fully saturated rings. The molecule has 0 aliphatic carbocycles. The summed E-state index contributed by atoms with van der Waals surface area (Å²) in [5.41, 5.74) is 3.46. The highest BCUT2D eigenvalue weighted by Gasteiger charge is 2.23. The summed E-state index contributed by atoms with van der Waals surface area (Å²) in [7, 11) is 0. The van der Waals surface area contributed by atoms with Gasteiger partial charge >= 0.3 is 0 Å². The monoisotopic (exact) mass is 309 g/mol. The van der Waals surface area contributed by atoms with E-state index in [4.69, 9.17) is 0 Å². The van der Waals surface area contributed by atoms with Crippen LogP contribution in [0.1, 0.15) is 29.7 Å². The smallest absolute Gasteiger partial charge is 0.246 e. The van der Waals surface area contributed by atoms with Crippen molar-refractivity contribution in [2.45, 2.75) is 26.2 Å². The molecule has 1 N–H and O–H groups in total. The fraction of sp³-hybridized carbons (Fsp3) is 0.368. The normalized spacial score (nSPS) is 18.5. The third-order valence-electron chi connectivity index (χ3n) is 4.48. The van der Waals surface area contributed by atoms with E-state index in [-0.39, 0.29) is 5.91 Å². The van der Waals surface area contributed by atoms with Gasteiger partial charge in [0, 0.05) is 24.9 Å². The van der Waals surface area contributed by atoms with Crippen molar-refractivity contribution in [1.82, 2.24) is 15.1 Å². The number of hydrogen-bond donors (Lipinski definition) is 1. The van der Waals surface area contributed by atoms with Crippen molar-refractivity contribution < 1.29 is 4.79 Å². The molecule has 1 atom stereocenters. The maximum absolute atomic E-state index is 12.4. The molecule has 4 nitrogen and oxygen atoms in total. The fourth-order valence-corrected chi connectivity index (χ4v) is 3.14. The van der Waals surface area contributed by atoms with Gasteiger partial charge < -0.3 is 4.90 Å². The molecule has 0 saturated carbocycles. The first-order valence-electron chi connectivity index (χ1n) is 8.23. The summed E-state index contributed by atoms with van der Waals surface area (Å²) in [4.78, 5) is 14.4. The molecule has 1 unspecified atom stereocenters. The van der Waals surface area contributed by atoms with Gasteiger partial charge in [-0.05, 0) is 49.3 Å². The molecule has 1 aromatic heterocycles. The van der Waals surface area contributed by atoms with Crippen molar-refractivity contribution in [3.63, 3.8) is 0 Å². The second-order valence-corrected chi connectivity index (χ2v) is 6.27. The molecule has 1 aliphatic rings. The van der Waals surface area contributed by atoms with E-state index in [1.165, 1.54) is 17.7 Å². The van der Waals surface area contributed by atoms with Crippen LogP contribution in [0.3, 0.4) is 0 Å². The third-order valence-corrected chi connectivity index (χ3v) is 4.48. The van der Waals surface area contributed by atoms with E-state index in [0.717, 1.165) is 31.5 Å². The van der Waals surface area contributed by atoms with Crippen LogP contribution in [0.15, 0.2) is 42.6 Å². The maximum atomic E-state index is 12.4. The van der Waals surface area contributed by atoms with E-state index < -0.39 is 0 Å². The highest BCUT2D eigenvalue weighted by molar-refractivity contribution is 5.91. The molecular weight excluding hydrogens is 286 g/mol. The number of aromatic amines is 1. The van der Waals surface area contributed by atoms with Gasteiger partial charge in [0.1, 0.15) is 0 Å². The quantitative estimate of drug-likeness (QED) is 0.882. The first kappa shape index (κ1) is 15.5. The predicted octanol–water partition coefficient (Wildman–Crippen LogP) is 3.21. The van der Waals surface area contributed by atoms with Crippen LogP contribution in [-0.2, 0) is 11.2 Å². The fourth-order valence-electron chi connectivity index (χ4n) is 3.14.